The van der Waals surface area contributed by atoms with E-state index in [0.29, 0.717) is 34.7 Å². The van der Waals surface area contributed by atoms with Crippen LogP contribution in [0.3, 0.4) is 0 Å². The van der Waals surface area contributed by atoms with E-state index in [2.05, 4.69) is 15.9 Å². The Hall–Kier alpha value is -1.30. The molecule has 0 aliphatic carbocycles. The molecule has 0 bridgehead atoms. The topological polar surface area (TPSA) is 38.7 Å². The standard InChI is InChI=1S/C15H11BrClFO3/c16-9-7-13-12(20-4-5-21-13)6-8(9)15(19)14-10(17)2-1-3-11(14)18/h1-3,6-7,15,19H,4-5H2. The second-order valence-corrected chi connectivity index (χ2v) is 5.82. The van der Waals surface area contributed by atoms with Gasteiger partial charge < -0.3 is 14.6 Å². The van der Waals surface area contributed by atoms with Crippen LogP contribution in [-0.4, -0.2) is 18.3 Å². The summed E-state index contributed by atoms with van der Waals surface area (Å²) in [6.45, 7) is 0.908. The third-order valence-corrected chi connectivity index (χ3v) is 4.25. The zero-order valence-corrected chi connectivity index (χ0v) is 13.1. The van der Waals surface area contributed by atoms with Gasteiger partial charge in [0, 0.05) is 20.6 Å². The van der Waals surface area contributed by atoms with Crippen LogP contribution in [0.5, 0.6) is 11.5 Å². The first-order valence-corrected chi connectivity index (χ1v) is 7.46. The van der Waals surface area contributed by atoms with E-state index < -0.39 is 11.9 Å². The first-order valence-electron chi connectivity index (χ1n) is 6.29. The van der Waals surface area contributed by atoms with Gasteiger partial charge in [0.1, 0.15) is 25.1 Å². The first-order chi connectivity index (χ1) is 10.1. The zero-order valence-electron chi connectivity index (χ0n) is 10.8. The fourth-order valence-electron chi connectivity index (χ4n) is 2.22. The Morgan fingerprint density at radius 2 is 1.86 bits per heavy atom. The summed E-state index contributed by atoms with van der Waals surface area (Å²) in [7, 11) is 0. The molecule has 2 aromatic rings. The highest BCUT2D eigenvalue weighted by Crippen LogP contribution is 2.41. The van der Waals surface area contributed by atoms with Crippen LogP contribution in [-0.2, 0) is 0 Å². The first kappa shape index (κ1) is 14.6. The van der Waals surface area contributed by atoms with Gasteiger partial charge in [-0.3, -0.25) is 0 Å². The summed E-state index contributed by atoms with van der Waals surface area (Å²) in [4.78, 5) is 0. The lowest BCUT2D eigenvalue weighted by Gasteiger charge is -2.22. The highest BCUT2D eigenvalue weighted by molar-refractivity contribution is 9.10. The average molecular weight is 374 g/mol. The van der Waals surface area contributed by atoms with Gasteiger partial charge in [-0.25, -0.2) is 4.39 Å². The Bertz CT molecular complexity index is 673. The number of aliphatic hydroxyl groups is 1. The Kier molecular flexibility index (Phi) is 4.06. The maximum Gasteiger partial charge on any atom is 0.162 e. The van der Waals surface area contributed by atoms with Crippen molar-refractivity contribution >= 4 is 27.5 Å². The molecule has 0 radical (unpaired) electrons. The highest BCUT2D eigenvalue weighted by Gasteiger charge is 2.23. The van der Waals surface area contributed by atoms with Crippen LogP contribution < -0.4 is 9.47 Å². The van der Waals surface area contributed by atoms with Crippen molar-refractivity contribution < 1.29 is 19.0 Å². The van der Waals surface area contributed by atoms with Crippen molar-refractivity contribution in [1.82, 2.24) is 0 Å². The van der Waals surface area contributed by atoms with Crippen molar-refractivity contribution in [2.75, 3.05) is 13.2 Å². The molecule has 0 saturated carbocycles. The molecule has 1 unspecified atom stereocenters. The Balaban J connectivity index is 2.07. The summed E-state index contributed by atoms with van der Waals surface area (Å²) in [5, 5.41) is 10.7. The minimum absolute atomic E-state index is 0.0385. The number of benzene rings is 2. The fourth-order valence-corrected chi connectivity index (χ4v) is 3.02. The van der Waals surface area contributed by atoms with Gasteiger partial charge in [0.05, 0.1) is 0 Å². The summed E-state index contributed by atoms with van der Waals surface area (Å²) in [5.74, 6) is 0.548. The summed E-state index contributed by atoms with van der Waals surface area (Å²) in [5.41, 5.74) is 0.503. The van der Waals surface area contributed by atoms with Crippen molar-refractivity contribution in [2.45, 2.75) is 6.10 Å². The third-order valence-electron chi connectivity index (χ3n) is 3.23. The molecular formula is C15H11BrClFO3. The molecule has 1 N–H and O–H groups in total. The van der Waals surface area contributed by atoms with Crippen LogP contribution in [0.15, 0.2) is 34.8 Å². The number of aliphatic hydroxyl groups excluding tert-OH is 1. The Labute approximate surface area is 134 Å². The summed E-state index contributed by atoms with van der Waals surface area (Å²) in [6, 6.07) is 7.62. The molecule has 0 saturated heterocycles. The van der Waals surface area contributed by atoms with E-state index >= 15 is 0 Å². The van der Waals surface area contributed by atoms with Crippen molar-refractivity contribution in [3.05, 3.63) is 56.8 Å². The van der Waals surface area contributed by atoms with Crippen LogP contribution in [0.4, 0.5) is 4.39 Å². The van der Waals surface area contributed by atoms with E-state index in [9.17, 15) is 9.50 Å². The van der Waals surface area contributed by atoms with E-state index in [4.69, 9.17) is 21.1 Å². The monoisotopic (exact) mass is 372 g/mol. The molecule has 0 fully saturated rings. The minimum atomic E-state index is -1.20. The second kappa shape index (κ2) is 5.83. The van der Waals surface area contributed by atoms with E-state index in [1.54, 1.807) is 12.1 Å². The molecule has 0 spiro atoms. The second-order valence-electron chi connectivity index (χ2n) is 4.56. The molecule has 1 atom stereocenters. The minimum Gasteiger partial charge on any atom is -0.486 e. The normalized spacial score (nSPS) is 14.9. The number of fused-ring (bicyclic) bond motifs is 1. The molecule has 2 aromatic carbocycles. The van der Waals surface area contributed by atoms with Gasteiger partial charge in [0.25, 0.3) is 0 Å². The average Bonchev–Trinajstić information content (AvgIpc) is 2.46. The molecule has 1 heterocycles. The van der Waals surface area contributed by atoms with Crippen molar-refractivity contribution in [2.24, 2.45) is 0 Å². The number of hydrogen-bond donors (Lipinski definition) is 1. The third kappa shape index (κ3) is 2.73. The molecular weight excluding hydrogens is 363 g/mol. The van der Waals surface area contributed by atoms with Crippen molar-refractivity contribution in [3.8, 4) is 11.5 Å². The van der Waals surface area contributed by atoms with Gasteiger partial charge in [-0.2, -0.15) is 0 Å². The van der Waals surface area contributed by atoms with Crippen LogP contribution in [0.1, 0.15) is 17.2 Å². The predicted octanol–water partition coefficient (Wildman–Crippen LogP) is 4.09. The molecule has 1 aliphatic heterocycles. The summed E-state index contributed by atoms with van der Waals surface area (Å²) >= 11 is 9.36. The smallest absolute Gasteiger partial charge is 0.162 e. The maximum absolute atomic E-state index is 13.9. The SMILES string of the molecule is OC(c1cc2c(cc1Br)OCCO2)c1c(F)cccc1Cl. The van der Waals surface area contributed by atoms with Gasteiger partial charge in [0.2, 0.25) is 0 Å². The Morgan fingerprint density at radius 3 is 2.52 bits per heavy atom. The van der Waals surface area contributed by atoms with E-state index in [1.165, 1.54) is 18.2 Å². The molecule has 1 aliphatic rings. The van der Waals surface area contributed by atoms with E-state index in [0.717, 1.165) is 0 Å². The van der Waals surface area contributed by atoms with Gasteiger partial charge >= 0.3 is 0 Å². The number of ether oxygens (including phenoxy) is 2. The van der Waals surface area contributed by atoms with E-state index in [-0.39, 0.29) is 10.6 Å². The lowest BCUT2D eigenvalue weighted by molar-refractivity contribution is 0.169. The van der Waals surface area contributed by atoms with Crippen LogP contribution in [0.25, 0.3) is 0 Å². The van der Waals surface area contributed by atoms with Crippen molar-refractivity contribution in [1.29, 1.82) is 0 Å². The lowest BCUT2D eigenvalue weighted by Crippen LogP contribution is -2.16. The molecule has 21 heavy (non-hydrogen) atoms. The summed E-state index contributed by atoms with van der Waals surface area (Å²) < 4.78 is 25.5. The van der Waals surface area contributed by atoms with Gasteiger partial charge in [0.15, 0.2) is 11.5 Å². The largest absolute Gasteiger partial charge is 0.486 e. The quantitative estimate of drug-likeness (QED) is 0.861. The van der Waals surface area contributed by atoms with Crippen molar-refractivity contribution in [3.63, 3.8) is 0 Å². The highest BCUT2D eigenvalue weighted by atomic mass is 79.9. The summed E-state index contributed by atoms with van der Waals surface area (Å²) in [6.07, 6.45) is -1.20. The number of halogens is 3. The van der Waals surface area contributed by atoms with Crippen LogP contribution in [0, 0.1) is 5.82 Å². The Morgan fingerprint density at radius 1 is 1.19 bits per heavy atom. The van der Waals surface area contributed by atoms with Gasteiger partial charge in [-0.1, -0.05) is 33.6 Å². The molecule has 3 rings (SSSR count). The lowest BCUT2D eigenvalue weighted by atomic mass is 10.0. The fraction of sp³-hybridized carbons (Fsp3) is 0.200. The maximum atomic E-state index is 13.9. The predicted molar refractivity (Wildman–Crippen MR) is 80.6 cm³/mol. The van der Waals surface area contributed by atoms with Crippen LogP contribution >= 0.6 is 27.5 Å². The molecule has 0 amide bonds. The van der Waals surface area contributed by atoms with Crippen LogP contribution in [0.2, 0.25) is 5.02 Å². The number of hydrogen-bond acceptors (Lipinski definition) is 3. The van der Waals surface area contributed by atoms with E-state index in [1.807, 2.05) is 0 Å². The number of rotatable bonds is 2. The molecule has 110 valence electrons. The molecule has 6 heteroatoms. The zero-order chi connectivity index (χ0) is 15.0. The van der Waals surface area contributed by atoms with Gasteiger partial charge in [-0.05, 0) is 24.3 Å². The molecule has 0 aromatic heterocycles. The molecule has 3 nitrogen and oxygen atoms in total. The van der Waals surface area contributed by atoms with Gasteiger partial charge in [-0.15, -0.1) is 0 Å².